The van der Waals surface area contributed by atoms with Crippen molar-refractivity contribution in [2.24, 2.45) is 5.92 Å². The van der Waals surface area contributed by atoms with Crippen molar-refractivity contribution in [2.75, 3.05) is 25.0 Å². The van der Waals surface area contributed by atoms with Crippen LogP contribution in [0.1, 0.15) is 44.9 Å². The van der Waals surface area contributed by atoms with E-state index in [0.717, 1.165) is 25.3 Å². The van der Waals surface area contributed by atoms with E-state index >= 15 is 0 Å². The van der Waals surface area contributed by atoms with E-state index in [-0.39, 0.29) is 0 Å². The van der Waals surface area contributed by atoms with Crippen molar-refractivity contribution >= 4 is 5.69 Å². The van der Waals surface area contributed by atoms with Gasteiger partial charge in [0.05, 0.1) is 0 Å². The van der Waals surface area contributed by atoms with E-state index < -0.39 is 0 Å². The first kappa shape index (κ1) is 16.0. The quantitative estimate of drug-likeness (QED) is 0.779. The van der Waals surface area contributed by atoms with Crippen molar-refractivity contribution in [1.82, 2.24) is 10.3 Å². The molecule has 1 N–H and O–H groups in total. The van der Waals surface area contributed by atoms with Crippen LogP contribution in [0.2, 0.25) is 0 Å². The summed E-state index contributed by atoms with van der Waals surface area (Å²) in [6, 6.07) is 2.20. The molecule has 0 aliphatic carbocycles. The van der Waals surface area contributed by atoms with Crippen LogP contribution in [-0.4, -0.2) is 25.1 Å². The summed E-state index contributed by atoms with van der Waals surface area (Å²) in [7, 11) is 2.18. The van der Waals surface area contributed by atoms with Gasteiger partial charge in [0.25, 0.3) is 0 Å². The van der Waals surface area contributed by atoms with Crippen LogP contribution in [-0.2, 0) is 6.54 Å². The first-order valence-corrected chi connectivity index (χ1v) is 7.42. The van der Waals surface area contributed by atoms with Crippen molar-refractivity contribution in [3.8, 4) is 0 Å². The zero-order valence-electron chi connectivity index (χ0n) is 13.2. The molecule has 0 aromatic carbocycles. The molecule has 0 fully saturated rings. The number of pyridine rings is 1. The zero-order valence-corrected chi connectivity index (χ0v) is 13.2. The number of nitrogens with one attached hydrogen (secondary N) is 1. The Balaban J connectivity index is 2.73. The number of rotatable bonds is 8. The molecule has 0 aliphatic heterocycles. The second-order valence-corrected chi connectivity index (χ2v) is 5.75. The van der Waals surface area contributed by atoms with Gasteiger partial charge in [-0.3, -0.25) is 4.98 Å². The number of anilines is 1. The summed E-state index contributed by atoms with van der Waals surface area (Å²) in [5.74, 6) is 0.680. The van der Waals surface area contributed by atoms with Crippen LogP contribution in [0.15, 0.2) is 12.3 Å². The summed E-state index contributed by atoms with van der Waals surface area (Å²) >= 11 is 0. The van der Waals surface area contributed by atoms with Crippen LogP contribution in [0.4, 0.5) is 5.69 Å². The number of nitrogens with zero attached hydrogens (tertiary/aromatic N) is 2. The third-order valence-corrected chi connectivity index (χ3v) is 3.22. The van der Waals surface area contributed by atoms with E-state index in [1.807, 2.05) is 6.20 Å². The molecule has 0 atom stereocenters. The van der Waals surface area contributed by atoms with Crippen molar-refractivity contribution in [1.29, 1.82) is 0 Å². The minimum Gasteiger partial charge on any atom is -0.374 e. The predicted molar refractivity (Wildman–Crippen MR) is 83.7 cm³/mol. The highest BCUT2D eigenvalue weighted by Gasteiger charge is 2.08. The second kappa shape index (κ2) is 8.16. The average Bonchev–Trinajstić information content (AvgIpc) is 2.37. The second-order valence-electron chi connectivity index (χ2n) is 5.75. The molecule has 0 spiro atoms. The van der Waals surface area contributed by atoms with Gasteiger partial charge in [0, 0.05) is 43.3 Å². The highest BCUT2D eigenvalue weighted by atomic mass is 15.1. The highest BCUT2D eigenvalue weighted by Crippen LogP contribution is 2.20. The third-order valence-electron chi connectivity index (χ3n) is 3.22. The van der Waals surface area contributed by atoms with Crippen molar-refractivity contribution in [3.05, 3.63) is 23.5 Å². The molecule has 0 saturated carbocycles. The van der Waals surface area contributed by atoms with Gasteiger partial charge >= 0.3 is 0 Å². The fourth-order valence-corrected chi connectivity index (χ4v) is 2.08. The van der Waals surface area contributed by atoms with E-state index in [0.29, 0.717) is 5.92 Å². The Hall–Kier alpha value is -1.09. The maximum atomic E-state index is 4.43. The SMILES string of the molecule is CCCCN(C)c1cc(C)ncc1CNCC(C)C. The summed E-state index contributed by atoms with van der Waals surface area (Å²) in [5, 5.41) is 3.51. The minimum absolute atomic E-state index is 0.680. The lowest BCUT2D eigenvalue weighted by atomic mass is 10.1. The predicted octanol–water partition coefficient (Wildman–Crippen LogP) is 3.37. The van der Waals surface area contributed by atoms with Crippen molar-refractivity contribution < 1.29 is 0 Å². The molecule has 19 heavy (non-hydrogen) atoms. The first-order valence-electron chi connectivity index (χ1n) is 7.42. The van der Waals surface area contributed by atoms with Crippen LogP contribution < -0.4 is 10.2 Å². The number of aromatic nitrogens is 1. The Morgan fingerprint density at radius 3 is 2.74 bits per heavy atom. The molecule has 1 heterocycles. The Morgan fingerprint density at radius 2 is 2.11 bits per heavy atom. The van der Waals surface area contributed by atoms with Crippen LogP contribution >= 0.6 is 0 Å². The summed E-state index contributed by atoms with van der Waals surface area (Å²) in [4.78, 5) is 6.79. The molecule has 0 bridgehead atoms. The minimum atomic E-state index is 0.680. The number of hydrogen-bond donors (Lipinski definition) is 1. The van der Waals surface area contributed by atoms with E-state index in [1.54, 1.807) is 0 Å². The van der Waals surface area contributed by atoms with Gasteiger partial charge in [-0.2, -0.15) is 0 Å². The fourth-order valence-electron chi connectivity index (χ4n) is 2.08. The number of unbranched alkanes of at least 4 members (excludes halogenated alkanes) is 1. The first-order chi connectivity index (χ1) is 9.04. The van der Waals surface area contributed by atoms with Crippen LogP contribution in [0.3, 0.4) is 0 Å². The normalized spacial score (nSPS) is 11.1. The van der Waals surface area contributed by atoms with Gasteiger partial charge in [-0.25, -0.2) is 0 Å². The summed E-state index contributed by atoms with van der Waals surface area (Å²) < 4.78 is 0. The van der Waals surface area contributed by atoms with Gasteiger partial charge < -0.3 is 10.2 Å². The molecule has 3 heteroatoms. The lowest BCUT2D eigenvalue weighted by molar-refractivity contribution is 0.551. The molecule has 3 nitrogen and oxygen atoms in total. The van der Waals surface area contributed by atoms with Crippen LogP contribution in [0.5, 0.6) is 0 Å². The summed E-state index contributed by atoms with van der Waals surface area (Å²) in [6.45, 7) is 11.8. The average molecular weight is 263 g/mol. The maximum absolute atomic E-state index is 4.43. The molecule has 0 saturated heterocycles. The maximum Gasteiger partial charge on any atom is 0.0442 e. The van der Waals surface area contributed by atoms with Gasteiger partial charge in [0.1, 0.15) is 0 Å². The van der Waals surface area contributed by atoms with Gasteiger partial charge in [-0.1, -0.05) is 27.2 Å². The summed E-state index contributed by atoms with van der Waals surface area (Å²) in [5.41, 5.74) is 3.70. The fraction of sp³-hybridized carbons (Fsp3) is 0.688. The lowest BCUT2D eigenvalue weighted by Crippen LogP contribution is -2.24. The molecular formula is C16H29N3. The molecule has 1 aromatic heterocycles. The molecule has 0 aliphatic rings. The highest BCUT2D eigenvalue weighted by molar-refractivity contribution is 5.53. The smallest absolute Gasteiger partial charge is 0.0442 e. The zero-order chi connectivity index (χ0) is 14.3. The Bertz CT molecular complexity index is 374. The lowest BCUT2D eigenvalue weighted by Gasteiger charge is -2.23. The van der Waals surface area contributed by atoms with Gasteiger partial charge in [0.15, 0.2) is 0 Å². The number of hydrogen-bond acceptors (Lipinski definition) is 3. The Morgan fingerprint density at radius 1 is 1.37 bits per heavy atom. The molecule has 0 amide bonds. The molecule has 0 radical (unpaired) electrons. The molecule has 0 unspecified atom stereocenters. The van der Waals surface area contributed by atoms with E-state index in [2.05, 4.69) is 56.0 Å². The van der Waals surface area contributed by atoms with Gasteiger partial charge in [0.2, 0.25) is 0 Å². The van der Waals surface area contributed by atoms with E-state index in [1.165, 1.54) is 24.1 Å². The third kappa shape index (κ3) is 5.60. The van der Waals surface area contributed by atoms with Gasteiger partial charge in [-0.05, 0) is 31.9 Å². The molecule has 1 rings (SSSR count). The van der Waals surface area contributed by atoms with Crippen LogP contribution in [0.25, 0.3) is 0 Å². The standard InChI is InChI=1S/C16H29N3/c1-6-7-8-19(5)16-9-14(4)18-12-15(16)11-17-10-13(2)3/h9,12-13,17H,6-8,10-11H2,1-5H3. The summed E-state index contributed by atoms with van der Waals surface area (Å²) in [6.07, 6.45) is 4.48. The van der Waals surface area contributed by atoms with Gasteiger partial charge in [-0.15, -0.1) is 0 Å². The van der Waals surface area contributed by atoms with Crippen molar-refractivity contribution in [2.45, 2.75) is 47.1 Å². The Kier molecular flexibility index (Phi) is 6.85. The van der Waals surface area contributed by atoms with E-state index in [9.17, 15) is 0 Å². The Labute approximate surface area is 118 Å². The van der Waals surface area contributed by atoms with Crippen LogP contribution in [0, 0.1) is 12.8 Å². The molecule has 1 aromatic rings. The molecular weight excluding hydrogens is 234 g/mol. The topological polar surface area (TPSA) is 28.2 Å². The van der Waals surface area contributed by atoms with E-state index in [4.69, 9.17) is 0 Å². The van der Waals surface area contributed by atoms with Crippen molar-refractivity contribution in [3.63, 3.8) is 0 Å². The monoisotopic (exact) mass is 263 g/mol. The number of aryl methyl sites for hydroxylation is 1. The largest absolute Gasteiger partial charge is 0.374 e. The molecule has 108 valence electrons.